The van der Waals surface area contributed by atoms with Crippen molar-refractivity contribution in [3.05, 3.63) is 23.8 Å². The van der Waals surface area contributed by atoms with Crippen LogP contribution in [0.5, 0.6) is 0 Å². The molecule has 1 aliphatic rings. The Labute approximate surface area is 130 Å². The molecule has 0 saturated carbocycles. The summed E-state index contributed by atoms with van der Waals surface area (Å²) in [5.74, 6) is 0.0869. The zero-order chi connectivity index (χ0) is 15.4. The van der Waals surface area contributed by atoms with Gasteiger partial charge in [-0.05, 0) is 31.5 Å². The molecule has 0 radical (unpaired) electrons. The summed E-state index contributed by atoms with van der Waals surface area (Å²) in [5, 5.41) is 0. The Morgan fingerprint density at radius 2 is 2.33 bits per heavy atom. The van der Waals surface area contributed by atoms with Crippen molar-refractivity contribution in [3.8, 4) is 0 Å². The van der Waals surface area contributed by atoms with E-state index in [4.69, 9.17) is 26.8 Å². The smallest absolute Gasteiger partial charge is 0.337 e. The number of hydrogen-bond acceptors (Lipinski definition) is 5. The third-order valence-electron chi connectivity index (χ3n) is 3.71. The second kappa shape index (κ2) is 7.00. The Hall–Kier alpha value is -1.46. The molecule has 116 valence electrons. The Kier molecular flexibility index (Phi) is 5.31. The number of ether oxygens (including phenoxy) is 2. The average molecular weight is 313 g/mol. The summed E-state index contributed by atoms with van der Waals surface area (Å²) in [5.41, 5.74) is 7.96. The fourth-order valence-corrected chi connectivity index (χ4v) is 2.45. The van der Waals surface area contributed by atoms with E-state index in [9.17, 15) is 4.79 Å². The Bertz CT molecular complexity index is 506. The molecule has 2 rings (SSSR count). The summed E-state index contributed by atoms with van der Waals surface area (Å²) in [7, 11) is 1.36. The highest BCUT2D eigenvalue weighted by Crippen LogP contribution is 2.29. The fraction of sp³-hybridized carbons (Fsp3) is 0.533. The summed E-state index contributed by atoms with van der Waals surface area (Å²) in [6.45, 7) is 3.53. The van der Waals surface area contributed by atoms with E-state index in [-0.39, 0.29) is 18.1 Å². The van der Waals surface area contributed by atoms with Crippen molar-refractivity contribution in [1.82, 2.24) is 0 Å². The third kappa shape index (κ3) is 3.60. The van der Waals surface area contributed by atoms with Crippen molar-refractivity contribution in [3.63, 3.8) is 0 Å². The minimum absolute atomic E-state index is 0.0889. The van der Waals surface area contributed by atoms with Crippen LogP contribution in [0.2, 0.25) is 0 Å². The Balaban J connectivity index is 2.30. The zero-order valence-electron chi connectivity index (χ0n) is 12.3. The summed E-state index contributed by atoms with van der Waals surface area (Å²) < 4.78 is 10.3. The molecule has 2 N–H and O–H groups in total. The second-order valence-corrected chi connectivity index (χ2v) is 5.51. The Morgan fingerprint density at radius 1 is 1.62 bits per heavy atom. The maximum atomic E-state index is 11.7. The van der Waals surface area contributed by atoms with Crippen LogP contribution in [0, 0.1) is 0 Å². The molecule has 6 heteroatoms. The number of nitrogens with zero attached hydrogens (tertiary/aromatic N) is 1. The van der Waals surface area contributed by atoms with Gasteiger partial charge in [-0.2, -0.15) is 0 Å². The van der Waals surface area contributed by atoms with E-state index in [2.05, 4.69) is 4.90 Å². The highest BCUT2D eigenvalue weighted by Gasteiger charge is 2.26. The predicted octanol–water partition coefficient (Wildman–Crippen LogP) is 2.28. The second-order valence-electron chi connectivity index (χ2n) is 5.20. The van der Waals surface area contributed by atoms with Crippen molar-refractivity contribution in [2.75, 3.05) is 36.8 Å². The molecule has 5 nitrogen and oxygen atoms in total. The summed E-state index contributed by atoms with van der Waals surface area (Å²) in [6, 6.07) is 5.22. The highest BCUT2D eigenvalue weighted by atomic mass is 35.5. The molecule has 0 bridgehead atoms. The van der Waals surface area contributed by atoms with E-state index in [1.807, 2.05) is 6.92 Å². The Morgan fingerprint density at radius 3 is 2.86 bits per heavy atom. The number of carbonyl (C=O) groups is 1. The van der Waals surface area contributed by atoms with Gasteiger partial charge in [0.05, 0.1) is 30.2 Å². The van der Waals surface area contributed by atoms with Crippen LogP contribution in [0.25, 0.3) is 0 Å². The van der Waals surface area contributed by atoms with Gasteiger partial charge in [0.2, 0.25) is 0 Å². The van der Waals surface area contributed by atoms with Crippen LogP contribution < -0.4 is 10.6 Å². The van der Waals surface area contributed by atoms with Gasteiger partial charge < -0.3 is 20.1 Å². The maximum Gasteiger partial charge on any atom is 0.337 e. The van der Waals surface area contributed by atoms with Gasteiger partial charge in [0.1, 0.15) is 0 Å². The summed E-state index contributed by atoms with van der Waals surface area (Å²) in [4.78, 5) is 13.8. The standard InChI is InChI=1S/C15H21ClN2O3/c1-10(8-16)18(9-12-5-6-21-12)14-7-11(15(19)20-2)3-4-13(14)17/h3-4,7,10,12H,5-6,8-9,17H2,1-2H3/t10?,12-/m0/s1. The first-order valence-electron chi connectivity index (χ1n) is 6.98. The van der Waals surface area contributed by atoms with E-state index in [1.165, 1.54) is 7.11 Å². The van der Waals surface area contributed by atoms with E-state index in [0.29, 0.717) is 23.7 Å². The third-order valence-corrected chi connectivity index (χ3v) is 4.16. The topological polar surface area (TPSA) is 64.8 Å². The zero-order valence-corrected chi connectivity index (χ0v) is 13.1. The van der Waals surface area contributed by atoms with E-state index in [1.54, 1.807) is 18.2 Å². The van der Waals surface area contributed by atoms with E-state index < -0.39 is 0 Å². The number of nitrogen functional groups attached to an aromatic ring is 1. The SMILES string of the molecule is COC(=O)c1ccc(N)c(N(C[C@@H]2CCO2)C(C)CCl)c1. The number of alkyl halides is 1. The van der Waals surface area contributed by atoms with E-state index in [0.717, 1.165) is 18.7 Å². The number of halogens is 1. The number of carbonyl (C=O) groups excluding carboxylic acids is 1. The molecule has 1 unspecified atom stereocenters. The van der Waals surface area contributed by atoms with E-state index >= 15 is 0 Å². The number of hydrogen-bond donors (Lipinski definition) is 1. The van der Waals surface area contributed by atoms with Crippen LogP contribution in [0.4, 0.5) is 11.4 Å². The molecule has 0 spiro atoms. The van der Waals surface area contributed by atoms with Gasteiger partial charge in [0.15, 0.2) is 0 Å². The lowest BCUT2D eigenvalue weighted by molar-refractivity contribution is -0.0450. The normalized spacial score (nSPS) is 18.7. The van der Waals surface area contributed by atoms with Gasteiger partial charge in [-0.1, -0.05) is 0 Å². The predicted molar refractivity (Wildman–Crippen MR) is 84.1 cm³/mol. The molecule has 1 heterocycles. The van der Waals surface area contributed by atoms with Crippen LogP contribution in [0.3, 0.4) is 0 Å². The average Bonchev–Trinajstić information content (AvgIpc) is 2.46. The first-order valence-corrected chi connectivity index (χ1v) is 7.52. The number of esters is 1. The van der Waals surface area contributed by atoms with Crippen LogP contribution in [-0.2, 0) is 9.47 Å². The molecule has 1 aliphatic heterocycles. The quantitative estimate of drug-likeness (QED) is 0.496. The van der Waals surface area contributed by atoms with Crippen molar-refractivity contribution in [1.29, 1.82) is 0 Å². The molecule has 0 aromatic heterocycles. The number of rotatable bonds is 6. The minimum atomic E-state index is -0.380. The largest absolute Gasteiger partial charge is 0.465 e. The number of benzene rings is 1. The molecule has 1 aromatic carbocycles. The van der Waals surface area contributed by atoms with Gasteiger partial charge >= 0.3 is 5.97 Å². The molecule has 0 amide bonds. The first-order chi connectivity index (χ1) is 10.1. The van der Waals surface area contributed by atoms with Gasteiger partial charge in [-0.15, -0.1) is 11.6 Å². The van der Waals surface area contributed by atoms with Crippen molar-refractivity contribution < 1.29 is 14.3 Å². The minimum Gasteiger partial charge on any atom is -0.465 e. The molecule has 1 aromatic rings. The number of nitrogens with two attached hydrogens (primary N) is 1. The highest BCUT2D eigenvalue weighted by molar-refractivity contribution is 6.18. The summed E-state index contributed by atoms with van der Waals surface area (Å²) in [6.07, 6.45) is 1.22. The lowest BCUT2D eigenvalue weighted by Crippen LogP contribution is -2.45. The fourth-order valence-electron chi connectivity index (χ4n) is 2.28. The van der Waals surface area contributed by atoms with Crippen molar-refractivity contribution in [2.24, 2.45) is 0 Å². The molecular weight excluding hydrogens is 292 g/mol. The molecule has 21 heavy (non-hydrogen) atoms. The van der Waals surface area contributed by atoms with Gasteiger partial charge in [0.25, 0.3) is 0 Å². The molecular formula is C15H21ClN2O3. The molecule has 2 atom stereocenters. The lowest BCUT2D eigenvalue weighted by atomic mass is 10.1. The van der Waals surface area contributed by atoms with Crippen LogP contribution in [-0.4, -0.2) is 44.3 Å². The van der Waals surface area contributed by atoms with Crippen molar-refractivity contribution >= 4 is 28.9 Å². The first kappa shape index (κ1) is 15.9. The van der Waals surface area contributed by atoms with Crippen LogP contribution in [0.1, 0.15) is 23.7 Å². The molecule has 1 fully saturated rings. The number of methoxy groups -OCH3 is 1. The van der Waals surface area contributed by atoms with Gasteiger partial charge in [-0.25, -0.2) is 4.79 Å². The van der Waals surface area contributed by atoms with Crippen LogP contribution in [0.15, 0.2) is 18.2 Å². The van der Waals surface area contributed by atoms with Gasteiger partial charge in [-0.3, -0.25) is 0 Å². The lowest BCUT2D eigenvalue weighted by Gasteiger charge is -2.37. The molecule has 0 aliphatic carbocycles. The van der Waals surface area contributed by atoms with Crippen molar-refractivity contribution in [2.45, 2.75) is 25.5 Å². The van der Waals surface area contributed by atoms with Crippen LogP contribution >= 0.6 is 11.6 Å². The maximum absolute atomic E-state index is 11.7. The molecule has 1 saturated heterocycles. The van der Waals surface area contributed by atoms with Gasteiger partial charge in [0, 0.05) is 25.1 Å². The monoisotopic (exact) mass is 312 g/mol. The number of anilines is 2. The summed E-state index contributed by atoms with van der Waals surface area (Å²) >= 11 is 6.01.